The molecule has 0 aliphatic heterocycles. The number of aromatic carboxylic acids is 1. The summed E-state index contributed by atoms with van der Waals surface area (Å²) in [6, 6.07) is 6.96. The van der Waals surface area contributed by atoms with Crippen LogP contribution in [0, 0.1) is 6.92 Å². The van der Waals surface area contributed by atoms with Gasteiger partial charge in [-0.3, -0.25) is 0 Å². The van der Waals surface area contributed by atoms with Gasteiger partial charge in [0, 0.05) is 16.1 Å². The van der Waals surface area contributed by atoms with Gasteiger partial charge in [-0.1, -0.05) is 11.6 Å². The van der Waals surface area contributed by atoms with E-state index in [9.17, 15) is 4.79 Å². The van der Waals surface area contributed by atoms with Crippen molar-refractivity contribution in [3.05, 3.63) is 46.4 Å². The minimum atomic E-state index is -1.06. The molecule has 0 atom stereocenters. The largest absolute Gasteiger partial charge is 0.475 e. The highest BCUT2D eigenvalue weighted by Crippen LogP contribution is 2.32. The molecule has 6 heteroatoms. The zero-order valence-corrected chi connectivity index (χ0v) is 11.7. The van der Waals surface area contributed by atoms with E-state index >= 15 is 0 Å². The summed E-state index contributed by atoms with van der Waals surface area (Å²) in [5, 5.41) is 9.52. The van der Waals surface area contributed by atoms with Gasteiger partial charge in [0.15, 0.2) is 0 Å². The van der Waals surface area contributed by atoms with E-state index in [4.69, 9.17) is 26.9 Å². The van der Waals surface area contributed by atoms with Gasteiger partial charge in [0.05, 0.1) is 10.8 Å². The number of carboxylic acid groups (broad SMARTS) is 1. The highest BCUT2D eigenvalue weighted by molar-refractivity contribution is 7.98. The zero-order valence-electron chi connectivity index (χ0n) is 10.1. The fourth-order valence-corrected chi connectivity index (χ4v) is 2.76. The normalized spacial score (nSPS) is 10.6. The summed E-state index contributed by atoms with van der Waals surface area (Å²) in [6.45, 7) is 1.70. The molecule has 4 nitrogen and oxygen atoms in total. The van der Waals surface area contributed by atoms with Crippen LogP contribution in [0.15, 0.2) is 33.6 Å². The van der Waals surface area contributed by atoms with Crippen molar-refractivity contribution in [3.63, 3.8) is 0 Å². The number of thioether (sulfide) groups is 1. The predicted molar refractivity (Wildman–Crippen MR) is 75.8 cm³/mol. The Kier molecular flexibility index (Phi) is 4.07. The Labute approximate surface area is 119 Å². The predicted octanol–water partition coefficient (Wildman–Crippen LogP) is 3.81. The summed E-state index contributed by atoms with van der Waals surface area (Å²) in [5.74, 6) is 0.0144. The molecule has 0 aliphatic rings. The molecule has 0 bridgehead atoms. The quantitative estimate of drug-likeness (QED) is 0.663. The molecule has 2 aromatic rings. The summed E-state index contributed by atoms with van der Waals surface area (Å²) in [6.07, 6.45) is 0. The molecule has 2 rings (SSSR count). The number of carbonyl (C=O) groups is 1. The summed E-state index contributed by atoms with van der Waals surface area (Å²) in [7, 11) is 0. The molecule has 1 aromatic heterocycles. The second-order valence-corrected chi connectivity index (χ2v) is 5.43. The summed E-state index contributed by atoms with van der Waals surface area (Å²) < 4.78 is 5.27. The van der Waals surface area contributed by atoms with Crippen LogP contribution in [-0.4, -0.2) is 11.1 Å². The second-order valence-electron chi connectivity index (χ2n) is 4.01. The number of aryl methyl sites for hydroxylation is 1. The van der Waals surface area contributed by atoms with Crippen LogP contribution < -0.4 is 5.73 Å². The van der Waals surface area contributed by atoms with Gasteiger partial charge in [0.25, 0.3) is 0 Å². The number of furan rings is 1. The highest BCUT2D eigenvalue weighted by atomic mass is 35.5. The molecule has 0 unspecified atom stereocenters. The van der Waals surface area contributed by atoms with Crippen molar-refractivity contribution >= 4 is 35.0 Å². The SMILES string of the molecule is Cc1cc(CSc2cc(N)ccc2Cl)oc1C(=O)O. The van der Waals surface area contributed by atoms with E-state index in [0.717, 1.165) is 4.90 Å². The molecule has 0 saturated heterocycles. The number of nitrogen functional groups attached to an aromatic ring is 1. The van der Waals surface area contributed by atoms with Gasteiger partial charge in [-0.25, -0.2) is 4.79 Å². The Hall–Kier alpha value is -1.59. The van der Waals surface area contributed by atoms with Crippen LogP contribution in [0.5, 0.6) is 0 Å². The fraction of sp³-hybridized carbons (Fsp3) is 0.154. The number of carboxylic acids is 1. The smallest absolute Gasteiger partial charge is 0.372 e. The Bertz CT molecular complexity index is 624. The number of rotatable bonds is 4. The minimum absolute atomic E-state index is 0.0192. The van der Waals surface area contributed by atoms with Crippen LogP contribution in [0.25, 0.3) is 0 Å². The molecule has 0 fully saturated rings. The average Bonchev–Trinajstić information content (AvgIpc) is 2.72. The fourth-order valence-electron chi connectivity index (χ4n) is 1.61. The lowest BCUT2D eigenvalue weighted by Crippen LogP contribution is -1.94. The van der Waals surface area contributed by atoms with Crippen LogP contribution in [0.3, 0.4) is 0 Å². The van der Waals surface area contributed by atoms with Gasteiger partial charge in [-0.05, 0) is 31.2 Å². The van der Waals surface area contributed by atoms with Crippen molar-refractivity contribution in [2.24, 2.45) is 0 Å². The number of halogens is 1. The first kappa shape index (κ1) is 13.8. The third kappa shape index (κ3) is 3.24. The van der Waals surface area contributed by atoms with Crippen LogP contribution >= 0.6 is 23.4 Å². The maximum atomic E-state index is 10.9. The van der Waals surface area contributed by atoms with E-state index < -0.39 is 5.97 Å². The van der Waals surface area contributed by atoms with Crippen molar-refractivity contribution < 1.29 is 14.3 Å². The van der Waals surface area contributed by atoms with E-state index in [1.165, 1.54) is 11.8 Å². The number of nitrogens with two attached hydrogens (primary N) is 1. The van der Waals surface area contributed by atoms with Crippen molar-refractivity contribution in [2.75, 3.05) is 5.73 Å². The van der Waals surface area contributed by atoms with Crippen LogP contribution in [0.4, 0.5) is 5.69 Å². The molecular weight excluding hydrogens is 286 g/mol. The number of hydrogen-bond acceptors (Lipinski definition) is 4. The summed E-state index contributed by atoms with van der Waals surface area (Å²) in [5.41, 5.74) is 6.94. The van der Waals surface area contributed by atoms with Crippen LogP contribution in [0.1, 0.15) is 21.9 Å². The maximum Gasteiger partial charge on any atom is 0.372 e. The number of benzene rings is 1. The molecule has 1 heterocycles. The van der Waals surface area contributed by atoms with E-state index in [1.54, 1.807) is 31.2 Å². The first-order chi connectivity index (χ1) is 8.97. The monoisotopic (exact) mass is 297 g/mol. The molecule has 0 saturated carbocycles. The maximum absolute atomic E-state index is 10.9. The topological polar surface area (TPSA) is 76.5 Å². The number of hydrogen-bond donors (Lipinski definition) is 2. The van der Waals surface area contributed by atoms with Gasteiger partial charge in [0.1, 0.15) is 5.76 Å². The van der Waals surface area contributed by atoms with Crippen molar-refractivity contribution in [1.29, 1.82) is 0 Å². The molecule has 0 spiro atoms. The molecule has 0 aliphatic carbocycles. The molecule has 19 heavy (non-hydrogen) atoms. The summed E-state index contributed by atoms with van der Waals surface area (Å²) >= 11 is 7.50. The van der Waals surface area contributed by atoms with Crippen molar-refractivity contribution in [1.82, 2.24) is 0 Å². The third-order valence-corrected chi connectivity index (χ3v) is 4.01. The second kappa shape index (κ2) is 5.59. The highest BCUT2D eigenvalue weighted by Gasteiger charge is 2.14. The molecule has 3 N–H and O–H groups in total. The first-order valence-corrected chi connectivity index (χ1v) is 6.84. The average molecular weight is 298 g/mol. The first-order valence-electron chi connectivity index (χ1n) is 5.48. The lowest BCUT2D eigenvalue weighted by atomic mass is 10.3. The molecule has 100 valence electrons. The van der Waals surface area contributed by atoms with Gasteiger partial charge in [-0.15, -0.1) is 11.8 Å². The van der Waals surface area contributed by atoms with E-state index in [0.29, 0.717) is 27.8 Å². The van der Waals surface area contributed by atoms with E-state index in [2.05, 4.69) is 0 Å². The molecular formula is C13H12ClNO3S. The van der Waals surface area contributed by atoms with Gasteiger partial charge < -0.3 is 15.3 Å². The Morgan fingerprint density at radius 2 is 2.21 bits per heavy atom. The standard InChI is InChI=1S/C13H12ClNO3S/c1-7-4-9(18-12(7)13(16)17)6-19-11-5-8(15)2-3-10(11)14/h2-5H,6,15H2,1H3,(H,16,17). The Morgan fingerprint density at radius 1 is 1.47 bits per heavy atom. The van der Waals surface area contributed by atoms with Crippen LogP contribution in [-0.2, 0) is 5.75 Å². The molecule has 1 aromatic carbocycles. The van der Waals surface area contributed by atoms with Gasteiger partial charge in [-0.2, -0.15) is 0 Å². The van der Waals surface area contributed by atoms with Gasteiger partial charge in [0.2, 0.25) is 5.76 Å². The van der Waals surface area contributed by atoms with Crippen LogP contribution in [0.2, 0.25) is 5.02 Å². The minimum Gasteiger partial charge on any atom is -0.475 e. The number of anilines is 1. The van der Waals surface area contributed by atoms with E-state index in [1.807, 2.05) is 0 Å². The summed E-state index contributed by atoms with van der Waals surface area (Å²) in [4.78, 5) is 11.7. The lowest BCUT2D eigenvalue weighted by Gasteiger charge is -2.03. The van der Waals surface area contributed by atoms with E-state index in [-0.39, 0.29) is 5.76 Å². The van der Waals surface area contributed by atoms with Crippen molar-refractivity contribution in [2.45, 2.75) is 17.6 Å². The molecule has 0 radical (unpaired) electrons. The third-order valence-electron chi connectivity index (χ3n) is 2.49. The Balaban J connectivity index is 2.12. The van der Waals surface area contributed by atoms with Gasteiger partial charge >= 0.3 is 5.97 Å². The lowest BCUT2D eigenvalue weighted by molar-refractivity contribution is 0.0659. The zero-order chi connectivity index (χ0) is 14.0. The van der Waals surface area contributed by atoms with Crippen molar-refractivity contribution in [3.8, 4) is 0 Å². The Morgan fingerprint density at radius 3 is 2.84 bits per heavy atom. The molecule has 0 amide bonds.